The number of nitrogens with zero attached hydrogens (tertiary/aromatic N) is 4. The molecule has 4 rings (SSSR count). The van der Waals surface area contributed by atoms with E-state index in [2.05, 4.69) is 0 Å². The average Bonchev–Trinajstić information content (AvgIpc) is 2.73. The van der Waals surface area contributed by atoms with Gasteiger partial charge in [0.1, 0.15) is 6.17 Å². The largest absolute Gasteiger partial charge is 0.502 e. The van der Waals surface area contributed by atoms with Gasteiger partial charge in [-0.3, -0.25) is 24.1 Å². The number of likely N-dealkylation sites (N-methyl/N-ethyl adjacent to an activating group) is 2. The molecule has 1 saturated heterocycles. The first-order chi connectivity index (χ1) is 13.8. The van der Waals surface area contributed by atoms with Gasteiger partial charge in [0, 0.05) is 33.3 Å². The SMILES string of the molecule is CC(=O)N(C)[C@H]1CC[C@@H](c2ccccc2)N2[C@@H]1N(C)C(=O)c1c(O)c(=O)ccn12. The summed E-state index contributed by atoms with van der Waals surface area (Å²) in [6.45, 7) is 1.51. The van der Waals surface area contributed by atoms with Crippen molar-refractivity contribution in [3.8, 4) is 5.75 Å². The van der Waals surface area contributed by atoms with E-state index >= 15 is 0 Å². The van der Waals surface area contributed by atoms with Crippen molar-refractivity contribution in [1.29, 1.82) is 0 Å². The fourth-order valence-electron chi connectivity index (χ4n) is 4.50. The Morgan fingerprint density at radius 3 is 2.48 bits per heavy atom. The number of amides is 2. The van der Waals surface area contributed by atoms with Gasteiger partial charge >= 0.3 is 0 Å². The van der Waals surface area contributed by atoms with E-state index in [0.717, 1.165) is 18.4 Å². The van der Waals surface area contributed by atoms with Crippen molar-refractivity contribution in [2.45, 2.75) is 38.0 Å². The third kappa shape index (κ3) is 2.86. The average molecular weight is 396 g/mol. The zero-order valence-corrected chi connectivity index (χ0v) is 16.6. The summed E-state index contributed by atoms with van der Waals surface area (Å²) >= 11 is 0. The highest BCUT2D eigenvalue weighted by atomic mass is 16.3. The molecule has 3 heterocycles. The van der Waals surface area contributed by atoms with Gasteiger partial charge in [0.25, 0.3) is 5.91 Å². The van der Waals surface area contributed by atoms with Gasteiger partial charge < -0.3 is 14.9 Å². The molecular weight excluding hydrogens is 372 g/mol. The van der Waals surface area contributed by atoms with Crippen molar-refractivity contribution >= 4 is 11.8 Å². The number of aromatic hydroxyl groups is 1. The highest BCUT2D eigenvalue weighted by Gasteiger charge is 2.48. The van der Waals surface area contributed by atoms with Gasteiger partial charge in [-0.2, -0.15) is 0 Å². The minimum absolute atomic E-state index is 0.0525. The summed E-state index contributed by atoms with van der Waals surface area (Å²) in [5.74, 6) is -1.09. The number of rotatable bonds is 2. The Balaban J connectivity index is 1.93. The first kappa shape index (κ1) is 19.0. The maximum absolute atomic E-state index is 13.1. The second kappa shape index (κ2) is 6.95. The molecule has 1 N–H and O–H groups in total. The van der Waals surface area contributed by atoms with Crippen LogP contribution in [0.4, 0.5) is 0 Å². The van der Waals surface area contributed by atoms with Crippen LogP contribution in [0.2, 0.25) is 0 Å². The van der Waals surface area contributed by atoms with E-state index in [9.17, 15) is 19.5 Å². The summed E-state index contributed by atoms with van der Waals surface area (Å²) in [5, 5.41) is 12.4. The fraction of sp³-hybridized carbons (Fsp3) is 0.381. The van der Waals surface area contributed by atoms with E-state index in [-0.39, 0.29) is 23.7 Å². The van der Waals surface area contributed by atoms with E-state index in [1.807, 2.05) is 35.3 Å². The van der Waals surface area contributed by atoms with Crippen LogP contribution in [0.5, 0.6) is 5.75 Å². The molecule has 1 aromatic heterocycles. The number of hydrogen-bond donors (Lipinski definition) is 1. The van der Waals surface area contributed by atoms with Gasteiger partial charge in [0.05, 0.1) is 12.1 Å². The normalized spacial score (nSPS) is 23.4. The third-order valence-corrected chi connectivity index (χ3v) is 6.07. The predicted octanol–water partition coefficient (Wildman–Crippen LogP) is 1.29. The highest BCUT2D eigenvalue weighted by Crippen LogP contribution is 2.39. The summed E-state index contributed by atoms with van der Waals surface area (Å²) in [4.78, 5) is 40.4. The van der Waals surface area contributed by atoms with Gasteiger partial charge in [-0.05, 0) is 18.4 Å². The number of hydrogen-bond acceptors (Lipinski definition) is 5. The van der Waals surface area contributed by atoms with Crippen LogP contribution in [0, 0.1) is 0 Å². The van der Waals surface area contributed by atoms with Crippen molar-refractivity contribution in [3.05, 3.63) is 64.1 Å². The van der Waals surface area contributed by atoms with Crippen molar-refractivity contribution in [2.24, 2.45) is 0 Å². The minimum Gasteiger partial charge on any atom is -0.502 e. The van der Waals surface area contributed by atoms with Crippen LogP contribution in [-0.2, 0) is 4.79 Å². The highest BCUT2D eigenvalue weighted by molar-refractivity contribution is 5.96. The third-order valence-electron chi connectivity index (χ3n) is 6.07. The predicted molar refractivity (Wildman–Crippen MR) is 107 cm³/mol. The van der Waals surface area contributed by atoms with Gasteiger partial charge in [-0.25, -0.2) is 0 Å². The van der Waals surface area contributed by atoms with Crippen LogP contribution < -0.4 is 10.4 Å². The molecule has 0 aliphatic carbocycles. The molecule has 2 aromatic rings. The van der Waals surface area contributed by atoms with E-state index in [1.54, 1.807) is 23.7 Å². The number of aromatic nitrogens is 1. The number of carbonyl (C=O) groups is 2. The Morgan fingerprint density at radius 1 is 1.14 bits per heavy atom. The molecule has 2 amide bonds. The summed E-state index contributed by atoms with van der Waals surface area (Å²) in [6, 6.07) is 10.9. The lowest BCUT2D eigenvalue weighted by atomic mass is 9.89. The molecule has 0 spiro atoms. The topological polar surface area (TPSA) is 86.1 Å². The lowest BCUT2D eigenvalue weighted by molar-refractivity contribution is -0.131. The maximum Gasteiger partial charge on any atom is 0.277 e. The van der Waals surface area contributed by atoms with Crippen LogP contribution in [0.25, 0.3) is 0 Å². The first-order valence-electron chi connectivity index (χ1n) is 9.61. The van der Waals surface area contributed by atoms with Gasteiger partial charge in [-0.15, -0.1) is 0 Å². The molecule has 29 heavy (non-hydrogen) atoms. The second-order valence-electron chi connectivity index (χ2n) is 7.63. The van der Waals surface area contributed by atoms with Crippen LogP contribution in [0.15, 0.2) is 47.4 Å². The number of piperidine rings is 1. The van der Waals surface area contributed by atoms with Gasteiger partial charge in [-0.1, -0.05) is 30.3 Å². The Hall–Kier alpha value is -3.29. The van der Waals surface area contributed by atoms with Gasteiger partial charge in [0.2, 0.25) is 11.3 Å². The van der Waals surface area contributed by atoms with E-state index in [1.165, 1.54) is 24.1 Å². The molecule has 2 aliphatic rings. The lowest BCUT2D eigenvalue weighted by Gasteiger charge is -2.55. The number of pyridine rings is 1. The van der Waals surface area contributed by atoms with E-state index < -0.39 is 23.3 Å². The van der Waals surface area contributed by atoms with Crippen molar-refractivity contribution in [1.82, 2.24) is 14.5 Å². The van der Waals surface area contributed by atoms with Crippen molar-refractivity contribution in [3.63, 3.8) is 0 Å². The van der Waals surface area contributed by atoms with Gasteiger partial charge in [0.15, 0.2) is 11.4 Å². The molecule has 8 nitrogen and oxygen atoms in total. The fourth-order valence-corrected chi connectivity index (χ4v) is 4.50. The molecule has 0 saturated carbocycles. The molecule has 3 atom stereocenters. The molecule has 8 heteroatoms. The van der Waals surface area contributed by atoms with Crippen molar-refractivity contribution < 1.29 is 14.7 Å². The van der Waals surface area contributed by atoms with Crippen LogP contribution >= 0.6 is 0 Å². The molecule has 0 bridgehead atoms. The zero-order valence-electron chi connectivity index (χ0n) is 16.6. The zero-order chi connectivity index (χ0) is 20.9. The Kier molecular flexibility index (Phi) is 4.56. The summed E-state index contributed by atoms with van der Waals surface area (Å²) < 4.78 is 1.58. The lowest BCUT2D eigenvalue weighted by Crippen LogP contribution is -2.70. The van der Waals surface area contributed by atoms with Crippen LogP contribution in [0.3, 0.4) is 0 Å². The molecule has 152 valence electrons. The maximum atomic E-state index is 13.1. The first-order valence-corrected chi connectivity index (χ1v) is 9.61. The standard InChI is InChI=1S/C21H24N4O4/c1-13(26)22(2)16-10-9-15(14-7-5-4-6-8-14)25-20(16)23(3)21(29)18-19(28)17(27)11-12-24(18)25/h4-8,11-12,15-16,20,28H,9-10H2,1-3H3/t15-,16-,20-/m0/s1. The van der Waals surface area contributed by atoms with Crippen LogP contribution in [0.1, 0.15) is 41.9 Å². The van der Waals surface area contributed by atoms with Crippen LogP contribution in [-0.4, -0.2) is 57.7 Å². The molecule has 0 radical (unpaired) electrons. The molecule has 0 unspecified atom stereocenters. The Labute approximate surface area is 168 Å². The molecule has 2 aliphatic heterocycles. The quantitative estimate of drug-likeness (QED) is 0.827. The van der Waals surface area contributed by atoms with E-state index in [0.29, 0.717) is 0 Å². The van der Waals surface area contributed by atoms with Crippen molar-refractivity contribution in [2.75, 3.05) is 19.1 Å². The summed E-state index contributed by atoms with van der Waals surface area (Å²) in [6.07, 6.45) is 2.55. The second-order valence-corrected chi connectivity index (χ2v) is 7.63. The Morgan fingerprint density at radius 2 is 1.83 bits per heavy atom. The minimum atomic E-state index is -0.595. The number of carbonyl (C=O) groups excluding carboxylic acids is 2. The summed E-state index contributed by atoms with van der Waals surface area (Å²) in [5.41, 5.74) is 0.416. The molecular formula is C21H24N4O4. The molecule has 1 aromatic carbocycles. The summed E-state index contributed by atoms with van der Waals surface area (Å²) in [7, 11) is 3.39. The monoisotopic (exact) mass is 396 g/mol. The number of fused-ring (bicyclic) bond motifs is 3. The Bertz CT molecular complexity index is 1020. The molecule has 1 fully saturated rings. The number of benzene rings is 1. The van der Waals surface area contributed by atoms with E-state index in [4.69, 9.17) is 0 Å². The smallest absolute Gasteiger partial charge is 0.277 e.